The molecule has 3 rings (SSSR count). The lowest BCUT2D eigenvalue weighted by Crippen LogP contribution is -2.50. The number of halogens is 3. The number of anilines is 1. The zero-order chi connectivity index (χ0) is 14.3. The fourth-order valence-electron chi connectivity index (χ4n) is 2.51. The van der Waals surface area contributed by atoms with Crippen molar-refractivity contribution in [2.75, 3.05) is 25.5 Å². The molecule has 20 heavy (non-hydrogen) atoms. The van der Waals surface area contributed by atoms with Crippen molar-refractivity contribution in [3.8, 4) is 0 Å². The van der Waals surface area contributed by atoms with Crippen LogP contribution >= 0.6 is 11.6 Å². The van der Waals surface area contributed by atoms with Crippen LogP contribution in [0.4, 0.5) is 14.7 Å². The molecule has 2 aromatic heterocycles. The summed E-state index contributed by atoms with van der Waals surface area (Å²) in [7, 11) is 1.67. The van der Waals surface area contributed by atoms with E-state index in [0.29, 0.717) is 18.0 Å². The molecule has 0 radical (unpaired) electrons. The van der Waals surface area contributed by atoms with E-state index in [4.69, 9.17) is 11.6 Å². The van der Waals surface area contributed by atoms with Crippen LogP contribution in [0.5, 0.6) is 0 Å². The van der Waals surface area contributed by atoms with Gasteiger partial charge in [-0.05, 0) is 13.1 Å². The van der Waals surface area contributed by atoms with E-state index in [9.17, 15) is 8.78 Å². The first-order chi connectivity index (χ1) is 9.44. The number of aromatic nitrogens is 4. The standard InChI is InChI=1S/C11H13ClF2N6/c1-19-5-7(4-11(13,14)6-19)16-10-18-17-9(12)8-2-3-15-20(8)10/h2-3,7H,4-6H2,1H3,(H,16,18)/t7-/m1/s1. The van der Waals surface area contributed by atoms with Crippen molar-refractivity contribution >= 4 is 23.1 Å². The van der Waals surface area contributed by atoms with Crippen molar-refractivity contribution in [2.24, 2.45) is 0 Å². The van der Waals surface area contributed by atoms with Gasteiger partial charge in [0.1, 0.15) is 5.52 Å². The number of piperidine rings is 1. The summed E-state index contributed by atoms with van der Waals surface area (Å²) in [6.07, 6.45) is 1.31. The third-order valence-electron chi connectivity index (χ3n) is 3.20. The quantitative estimate of drug-likeness (QED) is 0.912. The Morgan fingerprint density at radius 1 is 1.45 bits per heavy atom. The maximum absolute atomic E-state index is 13.6. The predicted octanol–water partition coefficient (Wildman–Crippen LogP) is 1.53. The van der Waals surface area contributed by atoms with Gasteiger partial charge in [0.05, 0.1) is 12.7 Å². The van der Waals surface area contributed by atoms with Crippen LogP contribution in [0.15, 0.2) is 12.3 Å². The van der Waals surface area contributed by atoms with Crippen LogP contribution in [-0.4, -0.2) is 56.8 Å². The molecule has 0 amide bonds. The molecule has 1 saturated heterocycles. The summed E-state index contributed by atoms with van der Waals surface area (Å²) in [4.78, 5) is 1.59. The van der Waals surface area contributed by atoms with E-state index >= 15 is 0 Å². The largest absolute Gasteiger partial charge is 0.349 e. The zero-order valence-electron chi connectivity index (χ0n) is 10.7. The Hall–Kier alpha value is -1.54. The maximum Gasteiger partial charge on any atom is 0.262 e. The number of nitrogens with zero attached hydrogens (tertiary/aromatic N) is 5. The highest BCUT2D eigenvalue weighted by molar-refractivity contribution is 6.32. The highest BCUT2D eigenvalue weighted by Crippen LogP contribution is 2.27. The topological polar surface area (TPSA) is 58.3 Å². The van der Waals surface area contributed by atoms with E-state index in [0.717, 1.165) is 0 Å². The summed E-state index contributed by atoms with van der Waals surface area (Å²) >= 11 is 5.89. The van der Waals surface area contributed by atoms with Crippen LogP contribution in [0.3, 0.4) is 0 Å². The van der Waals surface area contributed by atoms with E-state index in [1.165, 1.54) is 4.52 Å². The van der Waals surface area contributed by atoms with Crippen LogP contribution in [0.25, 0.3) is 5.52 Å². The Bertz CT molecular complexity index is 630. The van der Waals surface area contributed by atoms with Crippen molar-refractivity contribution in [2.45, 2.75) is 18.4 Å². The number of likely N-dealkylation sites (N-methyl/N-ethyl adjacent to an activating group) is 1. The van der Waals surface area contributed by atoms with Crippen LogP contribution in [0, 0.1) is 0 Å². The summed E-state index contributed by atoms with van der Waals surface area (Å²) in [6, 6.07) is 1.26. The molecule has 3 heterocycles. The normalized spacial score (nSPS) is 23.1. The average molecular weight is 303 g/mol. The zero-order valence-corrected chi connectivity index (χ0v) is 11.5. The SMILES string of the molecule is CN1C[C@H](Nc2nnc(Cl)c3ccnn23)CC(F)(F)C1. The first-order valence-electron chi connectivity index (χ1n) is 6.13. The minimum atomic E-state index is -2.71. The molecule has 1 aliphatic heterocycles. The van der Waals surface area contributed by atoms with Gasteiger partial charge in [-0.3, -0.25) is 4.90 Å². The summed E-state index contributed by atoms with van der Waals surface area (Å²) in [5, 5.41) is 14.9. The van der Waals surface area contributed by atoms with Gasteiger partial charge in [-0.15, -0.1) is 10.2 Å². The minimum Gasteiger partial charge on any atom is -0.349 e. The summed E-state index contributed by atoms with van der Waals surface area (Å²) in [5.41, 5.74) is 0.583. The molecule has 1 atom stereocenters. The maximum atomic E-state index is 13.6. The third-order valence-corrected chi connectivity index (χ3v) is 3.47. The lowest BCUT2D eigenvalue weighted by atomic mass is 10.0. The van der Waals surface area contributed by atoms with E-state index in [1.807, 2.05) is 0 Å². The van der Waals surface area contributed by atoms with Crippen LogP contribution in [0.1, 0.15) is 6.42 Å². The van der Waals surface area contributed by atoms with Crippen LogP contribution in [0.2, 0.25) is 5.15 Å². The first kappa shape index (κ1) is 13.4. The molecule has 0 aromatic carbocycles. The molecule has 2 aromatic rings. The van der Waals surface area contributed by atoms with Gasteiger partial charge in [0.15, 0.2) is 5.15 Å². The molecule has 0 aliphatic carbocycles. The second-order valence-electron chi connectivity index (χ2n) is 5.04. The smallest absolute Gasteiger partial charge is 0.262 e. The van der Waals surface area contributed by atoms with Crippen molar-refractivity contribution in [3.63, 3.8) is 0 Å². The van der Waals surface area contributed by atoms with Crippen molar-refractivity contribution in [1.29, 1.82) is 0 Å². The lowest BCUT2D eigenvalue weighted by Gasteiger charge is -2.35. The molecule has 1 N–H and O–H groups in total. The van der Waals surface area contributed by atoms with Crippen LogP contribution < -0.4 is 5.32 Å². The molecule has 1 fully saturated rings. The summed E-state index contributed by atoms with van der Waals surface area (Å²) < 4.78 is 28.6. The number of nitrogens with one attached hydrogen (secondary N) is 1. The lowest BCUT2D eigenvalue weighted by molar-refractivity contribution is -0.0612. The van der Waals surface area contributed by atoms with Gasteiger partial charge in [-0.25, -0.2) is 8.78 Å². The number of fused-ring (bicyclic) bond motifs is 1. The molecule has 0 unspecified atom stereocenters. The second kappa shape index (κ2) is 4.78. The van der Waals surface area contributed by atoms with Gasteiger partial charge in [-0.1, -0.05) is 11.6 Å². The van der Waals surface area contributed by atoms with E-state index in [1.54, 1.807) is 24.2 Å². The van der Waals surface area contributed by atoms with Gasteiger partial charge in [0, 0.05) is 19.0 Å². The Morgan fingerprint density at radius 2 is 2.25 bits per heavy atom. The molecule has 0 saturated carbocycles. The molecule has 108 valence electrons. The molecular weight excluding hydrogens is 290 g/mol. The average Bonchev–Trinajstić information content (AvgIpc) is 2.80. The van der Waals surface area contributed by atoms with E-state index in [2.05, 4.69) is 20.6 Å². The molecule has 1 aliphatic rings. The molecule has 0 bridgehead atoms. The fourth-order valence-corrected chi connectivity index (χ4v) is 2.69. The number of rotatable bonds is 2. The number of hydrogen-bond donors (Lipinski definition) is 1. The van der Waals surface area contributed by atoms with Gasteiger partial charge in [0.2, 0.25) is 5.95 Å². The minimum absolute atomic E-state index is 0.221. The highest BCUT2D eigenvalue weighted by Gasteiger charge is 2.39. The highest BCUT2D eigenvalue weighted by atomic mass is 35.5. The Labute approximate surface area is 118 Å². The van der Waals surface area contributed by atoms with E-state index in [-0.39, 0.29) is 18.1 Å². The summed E-state index contributed by atoms with van der Waals surface area (Å²) in [5.74, 6) is -2.40. The number of alkyl halides is 2. The van der Waals surface area contributed by atoms with Crippen molar-refractivity contribution < 1.29 is 8.78 Å². The Kier molecular flexibility index (Phi) is 3.21. The Morgan fingerprint density at radius 3 is 3.00 bits per heavy atom. The van der Waals surface area contributed by atoms with Crippen molar-refractivity contribution in [1.82, 2.24) is 24.7 Å². The monoisotopic (exact) mass is 302 g/mol. The molecule has 9 heteroatoms. The van der Waals surface area contributed by atoms with Gasteiger partial charge in [-0.2, -0.15) is 9.61 Å². The third kappa shape index (κ3) is 2.53. The van der Waals surface area contributed by atoms with E-state index < -0.39 is 12.0 Å². The number of likely N-dealkylation sites (tertiary alicyclic amines) is 1. The number of hydrogen-bond acceptors (Lipinski definition) is 5. The second-order valence-corrected chi connectivity index (χ2v) is 5.40. The molecule has 6 nitrogen and oxygen atoms in total. The van der Waals surface area contributed by atoms with Crippen LogP contribution in [-0.2, 0) is 0 Å². The predicted molar refractivity (Wildman–Crippen MR) is 70.3 cm³/mol. The van der Waals surface area contributed by atoms with Gasteiger partial charge < -0.3 is 5.32 Å². The summed E-state index contributed by atoms with van der Waals surface area (Å²) in [6.45, 7) is 0.275. The fraction of sp³-hybridized carbons (Fsp3) is 0.545. The molecule has 0 spiro atoms. The van der Waals surface area contributed by atoms with Gasteiger partial charge >= 0.3 is 0 Å². The van der Waals surface area contributed by atoms with Crippen molar-refractivity contribution in [3.05, 3.63) is 17.4 Å². The molecular formula is C11H13ClF2N6. The first-order valence-corrected chi connectivity index (χ1v) is 6.51. The Balaban J connectivity index is 1.86. The van der Waals surface area contributed by atoms with Gasteiger partial charge in [0.25, 0.3) is 5.92 Å².